The Kier molecular flexibility index (Phi) is 3.59. The van der Waals surface area contributed by atoms with E-state index in [9.17, 15) is 10.1 Å². The fourth-order valence-electron chi connectivity index (χ4n) is 2.32. The Morgan fingerprint density at radius 3 is 2.84 bits per heavy atom. The van der Waals surface area contributed by atoms with Crippen molar-refractivity contribution in [3.63, 3.8) is 0 Å². The second-order valence-corrected chi connectivity index (χ2v) is 5.10. The van der Waals surface area contributed by atoms with Gasteiger partial charge < -0.3 is 15.1 Å². The van der Waals surface area contributed by atoms with E-state index >= 15 is 0 Å². The predicted molar refractivity (Wildman–Crippen MR) is 73.2 cm³/mol. The topological polar surface area (TPSA) is 93.7 Å². The van der Waals surface area contributed by atoms with E-state index < -0.39 is 4.92 Å². The summed E-state index contributed by atoms with van der Waals surface area (Å²) >= 11 is 0. The first kappa shape index (κ1) is 13.6. The van der Waals surface area contributed by atoms with Gasteiger partial charge in [-0.15, -0.1) is 0 Å². The summed E-state index contributed by atoms with van der Waals surface area (Å²) in [5, 5.41) is 11.3. The average molecular weight is 266 g/mol. The van der Waals surface area contributed by atoms with Crippen molar-refractivity contribution < 1.29 is 9.66 Å². The van der Waals surface area contributed by atoms with Crippen molar-refractivity contribution in [1.29, 1.82) is 0 Å². The van der Waals surface area contributed by atoms with Crippen LogP contribution in [0.1, 0.15) is 13.8 Å². The predicted octanol–water partition coefficient (Wildman–Crippen LogP) is 1.50. The van der Waals surface area contributed by atoms with Crippen LogP contribution in [0.5, 0.6) is 0 Å². The van der Waals surface area contributed by atoms with E-state index in [0.29, 0.717) is 31.1 Å². The molecule has 1 aromatic rings. The zero-order valence-electron chi connectivity index (χ0n) is 11.0. The Morgan fingerprint density at radius 2 is 2.26 bits per heavy atom. The molecule has 1 aliphatic heterocycles. The standard InChI is InChI=1S/C12H18N4O3/c1-12(2)8-15(6-7-19-12)10-5-3-4-9(14-13)11(10)16(17)18/h3-5,14H,6-8,13H2,1-2H3. The molecule has 1 saturated heterocycles. The summed E-state index contributed by atoms with van der Waals surface area (Å²) in [6, 6.07) is 5.08. The molecule has 3 N–H and O–H groups in total. The fraction of sp³-hybridized carbons (Fsp3) is 0.500. The van der Waals surface area contributed by atoms with Gasteiger partial charge in [0, 0.05) is 13.1 Å². The molecule has 0 saturated carbocycles. The van der Waals surface area contributed by atoms with Gasteiger partial charge in [0.05, 0.1) is 17.1 Å². The van der Waals surface area contributed by atoms with Crippen LogP contribution >= 0.6 is 0 Å². The van der Waals surface area contributed by atoms with Gasteiger partial charge in [-0.25, -0.2) is 0 Å². The van der Waals surface area contributed by atoms with E-state index in [2.05, 4.69) is 5.43 Å². The van der Waals surface area contributed by atoms with Gasteiger partial charge in [-0.2, -0.15) is 0 Å². The minimum atomic E-state index is -0.410. The highest BCUT2D eigenvalue weighted by atomic mass is 16.6. The van der Waals surface area contributed by atoms with Gasteiger partial charge in [0.25, 0.3) is 0 Å². The largest absolute Gasteiger partial charge is 0.372 e. The molecule has 2 rings (SSSR count). The maximum absolute atomic E-state index is 11.3. The van der Waals surface area contributed by atoms with Crippen molar-refractivity contribution in [2.45, 2.75) is 19.4 Å². The Hall–Kier alpha value is -1.86. The van der Waals surface area contributed by atoms with E-state index in [1.807, 2.05) is 18.7 Å². The molecular weight excluding hydrogens is 248 g/mol. The number of anilines is 2. The molecule has 1 aliphatic rings. The van der Waals surface area contributed by atoms with Crippen molar-refractivity contribution in [1.82, 2.24) is 0 Å². The molecule has 1 aromatic carbocycles. The van der Waals surface area contributed by atoms with E-state index in [4.69, 9.17) is 10.6 Å². The first-order valence-corrected chi connectivity index (χ1v) is 6.07. The number of morpholine rings is 1. The summed E-state index contributed by atoms with van der Waals surface area (Å²) in [7, 11) is 0. The van der Waals surface area contributed by atoms with Gasteiger partial charge in [0.2, 0.25) is 0 Å². The van der Waals surface area contributed by atoms with Crippen LogP contribution in [0.25, 0.3) is 0 Å². The monoisotopic (exact) mass is 266 g/mol. The molecule has 0 aliphatic carbocycles. The van der Waals surface area contributed by atoms with Gasteiger partial charge in [-0.05, 0) is 26.0 Å². The van der Waals surface area contributed by atoms with Crippen LogP contribution < -0.4 is 16.2 Å². The Morgan fingerprint density at radius 1 is 1.53 bits per heavy atom. The summed E-state index contributed by atoms with van der Waals surface area (Å²) in [4.78, 5) is 12.8. The minimum Gasteiger partial charge on any atom is -0.372 e. The van der Waals surface area contributed by atoms with Gasteiger partial charge in [0.1, 0.15) is 11.4 Å². The number of rotatable bonds is 3. The zero-order valence-corrected chi connectivity index (χ0v) is 11.0. The molecule has 19 heavy (non-hydrogen) atoms. The molecule has 0 radical (unpaired) electrons. The van der Waals surface area contributed by atoms with Gasteiger partial charge >= 0.3 is 5.69 Å². The van der Waals surface area contributed by atoms with E-state index in [1.165, 1.54) is 0 Å². The molecule has 0 atom stereocenters. The van der Waals surface area contributed by atoms with E-state index in [-0.39, 0.29) is 11.3 Å². The number of para-hydroxylation sites is 1. The third kappa shape index (κ3) is 2.77. The molecule has 7 heteroatoms. The molecule has 0 aromatic heterocycles. The number of hydrogen-bond acceptors (Lipinski definition) is 6. The quantitative estimate of drug-likeness (QED) is 0.489. The maximum atomic E-state index is 11.3. The zero-order chi connectivity index (χ0) is 14.0. The lowest BCUT2D eigenvalue weighted by molar-refractivity contribution is -0.383. The van der Waals surface area contributed by atoms with Crippen LogP contribution in [0.2, 0.25) is 0 Å². The number of nitro groups is 1. The Balaban J connectivity index is 2.41. The summed E-state index contributed by atoms with van der Waals surface area (Å²) in [5.74, 6) is 5.34. The van der Waals surface area contributed by atoms with Crippen LogP contribution in [0, 0.1) is 10.1 Å². The lowest BCUT2D eigenvalue weighted by atomic mass is 10.1. The maximum Gasteiger partial charge on any atom is 0.316 e. The van der Waals surface area contributed by atoms with Crippen LogP contribution in [-0.2, 0) is 4.74 Å². The second kappa shape index (κ2) is 5.02. The lowest BCUT2D eigenvalue weighted by Gasteiger charge is -2.39. The van der Waals surface area contributed by atoms with Crippen LogP contribution in [0.15, 0.2) is 18.2 Å². The summed E-state index contributed by atoms with van der Waals surface area (Å²) in [6.45, 7) is 5.71. The molecule has 0 amide bonds. The Bertz CT molecular complexity index is 490. The molecule has 1 fully saturated rings. The van der Waals surface area contributed by atoms with Crippen molar-refractivity contribution in [3.8, 4) is 0 Å². The van der Waals surface area contributed by atoms with Gasteiger partial charge in [0.15, 0.2) is 0 Å². The Labute approximate surface area is 111 Å². The summed E-state index contributed by atoms with van der Waals surface area (Å²) in [6.07, 6.45) is 0. The van der Waals surface area contributed by atoms with E-state index in [0.717, 1.165) is 0 Å². The van der Waals surface area contributed by atoms with Crippen molar-refractivity contribution in [2.75, 3.05) is 30.0 Å². The smallest absolute Gasteiger partial charge is 0.316 e. The highest BCUT2D eigenvalue weighted by Crippen LogP contribution is 2.36. The normalized spacial score (nSPS) is 18.2. The number of hydrazine groups is 1. The van der Waals surface area contributed by atoms with Crippen LogP contribution in [0.4, 0.5) is 17.1 Å². The number of nitrogens with two attached hydrogens (primary N) is 1. The third-order valence-electron chi connectivity index (χ3n) is 3.12. The van der Waals surface area contributed by atoms with Crippen molar-refractivity contribution in [2.24, 2.45) is 5.84 Å². The van der Waals surface area contributed by atoms with Crippen molar-refractivity contribution >= 4 is 17.1 Å². The summed E-state index contributed by atoms with van der Waals surface area (Å²) in [5.41, 5.74) is 2.94. The molecule has 0 spiro atoms. The lowest BCUT2D eigenvalue weighted by Crippen LogP contribution is -2.48. The highest BCUT2D eigenvalue weighted by molar-refractivity contribution is 5.76. The van der Waals surface area contributed by atoms with Gasteiger partial charge in [-0.1, -0.05) is 6.07 Å². The first-order valence-electron chi connectivity index (χ1n) is 6.07. The molecular formula is C12H18N4O3. The number of ether oxygens (including phenoxy) is 1. The first-order chi connectivity index (χ1) is 8.94. The number of hydrogen-bond donors (Lipinski definition) is 2. The van der Waals surface area contributed by atoms with Crippen LogP contribution in [-0.4, -0.2) is 30.2 Å². The minimum absolute atomic E-state index is 0.00250. The average Bonchev–Trinajstić information content (AvgIpc) is 2.36. The highest BCUT2D eigenvalue weighted by Gasteiger charge is 2.31. The van der Waals surface area contributed by atoms with E-state index in [1.54, 1.807) is 18.2 Å². The second-order valence-electron chi connectivity index (χ2n) is 5.10. The SMILES string of the molecule is CC1(C)CN(c2cccc(NN)c2[N+](=O)[O-])CCO1. The number of nitro benzene ring substituents is 1. The molecule has 104 valence electrons. The number of nitrogens with zero attached hydrogens (tertiary/aromatic N) is 2. The third-order valence-corrected chi connectivity index (χ3v) is 3.12. The molecule has 0 unspecified atom stereocenters. The number of benzene rings is 1. The van der Waals surface area contributed by atoms with Crippen LogP contribution in [0.3, 0.4) is 0 Å². The molecule has 0 bridgehead atoms. The fourth-order valence-corrected chi connectivity index (χ4v) is 2.32. The van der Waals surface area contributed by atoms with Crippen molar-refractivity contribution in [3.05, 3.63) is 28.3 Å². The van der Waals surface area contributed by atoms with Gasteiger partial charge in [-0.3, -0.25) is 16.0 Å². The molecule has 1 heterocycles. The number of nitrogen functional groups attached to an aromatic ring is 1. The number of nitrogens with one attached hydrogen (secondary N) is 1. The molecule has 7 nitrogen and oxygen atoms in total. The summed E-state index contributed by atoms with van der Waals surface area (Å²) < 4.78 is 5.62.